The number of methoxy groups -OCH3 is 2. The van der Waals surface area contributed by atoms with E-state index in [-0.39, 0.29) is 23.8 Å². The predicted molar refractivity (Wildman–Crippen MR) is 108 cm³/mol. The van der Waals surface area contributed by atoms with E-state index in [1.165, 1.54) is 27.2 Å². The standard InChI is InChI=1S/C20H34O6Si/c1-10-13-20(17(22)24-6,18(23)25-7)14-11-12-16(26-15(2)21)27(8,9)19(3,4)5/h10-12,16H,1,13-14H2,2-9H3/b12-11+/t16-/m1/s1. The van der Waals surface area contributed by atoms with Gasteiger partial charge in [-0.15, -0.1) is 6.58 Å². The highest BCUT2D eigenvalue weighted by Crippen LogP contribution is 2.40. The van der Waals surface area contributed by atoms with Gasteiger partial charge in [0.05, 0.1) is 14.2 Å². The highest BCUT2D eigenvalue weighted by molar-refractivity contribution is 6.81. The van der Waals surface area contributed by atoms with E-state index in [1.54, 1.807) is 12.2 Å². The average molecular weight is 399 g/mol. The van der Waals surface area contributed by atoms with E-state index < -0.39 is 31.2 Å². The summed E-state index contributed by atoms with van der Waals surface area (Å²) in [5.41, 5.74) is -1.90. The molecule has 0 spiro atoms. The summed E-state index contributed by atoms with van der Waals surface area (Å²) in [7, 11) is 0.387. The van der Waals surface area contributed by atoms with Crippen LogP contribution in [-0.2, 0) is 28.6 Å². The lowest BCUT2D eigenvalue weighted by atomic mass is 9.81. The van der Waals surface area contributed by atoms with E-state index >= 15 is 0 Å². The topological polar surface area (TPSA) is 78.9 Å². The van der Waals surface area contributed by atoms with Crippen LogP contribution in [0.4, 0.5) is 0 Å². The fraction of sp³-hybridized carbons (Fsp3) is 0.650. The maximum atomic E-state index is 12.4. The number of allylic oxidation sites excluding steroid dienone is 2. The van der Waals surface area contributed by atoms with Crippen molar-refractivity contribution in [3.8, 4) is 0 Å². The van der Waals surface area contributed by atoms with E-state index in [2.05, 4.69) is 40.4 Å². The van der Waals surface area contributed by atoms with Crippen LogP contribution in [0.15, 0.2) is 24.8 Å². The molecule has 0 saturated heterocycles. The van der Waals surface area contributed by atoms with Crippen molar-refractivity contribution in [1.29, 1.82) is 0 Å². The monoisotopic (exact) mass is 398 g/mol. The maximum Gasteiger partial charge on any atom is 0.323 e. The van der Waals surface area contributed by atoms with Crippen molar-refractivity contribution in [3.05, 3.63) is 24.8 Å². The molecule has 0 aliphatic heterocycles. The van der Waals surface area contributed by atoms with Crippen LogP contribution in [0.25, 0.3) is 0 Å². The second-order valence-electron chi connectivity index (χ2n) is 8.19. The number of rotatable bonds is 9. The van der Waals surface area contributed by atoms with E-state index in [0.717, 1.165) is 0 Å². The van der Waals surface area contributed by atoms with Gasteiger partial charge < -0.3 is 14.2 Å². The Morgan fingerprint density at radius 1 is 1.04 bits per heavy atom. The van der Waals surface area contributed by atoms with Crippen molar-refractivity contribution >= 4 is 26.0 Å². The van der Waals surface area contributed by atoms with Crippen LogP contribution < -0.4 is 0 Å². The zero-order chi connectivity index (χ0) is 21.5. The Labute approximate surface area is 164 Å². The number of carbonyl (C=O) groups is 3. The number of hydrogen-bond donors (Lipinski definition) is 0. The second-order valence-corrected chi connectivity index (χ2v) is 13.7. The van der Waals surface area contributed by atoms with Crippen LogP contribution in [0.1, 0.15) is 40.5 Å². The minimum absolute atomic E-state index is 0.0274. The number of ether oxygens (including phenoxy) is 3. The van der Waals surface area contributed by atoms with Gasteiger partial charge in [0.15, 0.2) is 5.41 Å². The Kier molecular flexibility index (Phi) is 9.18. The molecule has 0 bridgehead atoms. The van der Waals surface area contributed by atoms with Crippen molar-refractivity contribution in [2.45, 2.75) is 64.4 Å². The lowest BCUT2D eigenvalue weighted by Crippen LogP contribution is -2.50. The molecule has 0 N–H and O–H groups in total. The zero-order valence-corrected chi connectivity index (χ0v) is 18.9. The number of esters is 3. The molecule has 0 aliphatic carbocycles. The molecular formula is C20H34O6Si. The van der Waals surface area contributed by atoms with Gasteiger partial charge in [-0.3, -0.25) is 14.4 Å². The van der Waals surface area contributed by atoms with E-state index in [1.807, 2.05) is 0 Å². The molecule has 0 aromatic heterocycles. The Morgan fingerprint density at radius 2 is 1.52 bits per heavy atom. The van der Waals surface area contributed by atoms with Crippen molar-refractivity contribution in [3.63, 3.8) is 0 Å². The fourth-order valence-electron chi connectivity index (χ4n) is 2.56. The molecule has 0 unspecified atom stereocenters. The third-order valence-corrected chi connectivity index (χ3v) is 11.0. The summed E-state index contributed by atoms with van der Waals surface area (Å²) in [6, 6.07) is 0. The van der Waals surface area contributed by atoms with Gasteiger partial charge in [0, 0.05) is 6.92 Å². The van der Waals surface area contributed by atoms with Crippen LogP contribution in [0.5, 0.6) is 0 Å². The summed E-state index contributed by atoms with van der Waals surface area (Å²) in [5, 5.41) is -0.0274. The van der Waals surface area contributed by atoms with Crippen LogP contribution >= 0.6 is 0 Å². The van der Waals surface area contributed by atoms with Gasteiger partial charge in [0.1, 0.15) is 13.8 Å². The van der Waals surface area contributed by atoms with Crippen molar-refractivity contribution in [1.82, 2.24) is 0 Å². The predicted octanol–water partition coefficient (Wildman–Crippen LogP) is 3.82. The van der Waals surface area contributed by atoms with Gasteiger partial charge in [0.2, 0.25) is 0 Å². The largest absolute Gasteiger partial charge is 0.468 e. The van der Waals surface area contributed by atoms with Gasteiger partial charge in [-0.2, -0.15) is 0 Å². The first-order valence-corrected chi connectivity index (χ1v) is 12.0. The van der Waals surface area contributed by atoms with Crippen molar-refractivity contribution in [2.24, 2.45) is 5.41 Å². The molecule has 27 heavy (non-hydrogen) atoms. The number of hydrogen-bond acceptors (Lipinski definition) is 6. The molecule has 7 heteroatoms. The number of carbonyl (C=O) groups excluding carboxylic acids is 3. The third kappa shape index (κ3) is 6.06. The molecule has 0 saturated carbocycles. The van der Waals surface area contributed by atoms with Gasteiger partial charge in [0.25, 0.3) is 0 Å². The molecule has 154 valence electrons. The molecule has 0 fully saturated rings. The first-order chi connectivity index (χ1) is 12.3. The Bertz CT molecular complexity index is 570. The Balaban J connectivity index is 5.89. The summed E-state index contributed by atoms with van der Waals surface area (Å²) >= 11 is 0. The van der Waals surface area contributed by atoms with Gasteiger partial charge >= 0.3 is 17.9 Å². The van der Waals surface area contributed by atoms with Crippen LogP contribution in [0, 0.1) is 5.41 Å². The SMILES string of the molecule is C=CCC(C/C=C/[C@H](OC(C)=O)[Si](C)(C)C(C)(C)C)(C(=O)OC)C(=O)OC. The van der Waals surface area contributed by atoms with Gasteiger partial charge in [-0.1, -0.05) is 52.1 Å². The first kappa shape index (κ1) is 25.1. The van der Waals surface area contributed by atoms with Crippen LogP contribution in [0.3, 0.4) is 0 Å². The summed E-state index contributed by atoms with van der Waals surface area (Å²) in [6.07, 6.45) is 5.10. The maximum absolute atomic E-state index is 12.4. The third-order valence-electron chi connectivity index (χ3n) is 5.36. The Hall–Kier alpha value is -1.89. The highest BCUT2D eigenvalue weighted by atomic mass is 28.3. The molecule has 0 rings (SSSR count). The minimum Gasteiger partial charge on any atom is -0.468 e. The van der Waals surface area contributed by atoms with Crippen molar-refractivity contribution < 1.29 is 28.6 Å². The quantitative estimate of drug-likeness (QED) is 0.193. The second kappa shape index (κ2) is 9.87. The summed E-state index contributed by atoms with van der Waals surface area (Å²) in [4.78, 5) is 36.3. The van der Waals surface area contributed by atoms with Gasteiger partial charge in [-0.25, -0.2) is 0 Å². The molecule has 6 nitrogen and oxygen atoms in total. The smallest absolute Gasteiger partial charge is 0.323 e. The van der Waals surface area contributed by atoms with Crippen molar-refractivity contribution in [2.75, 3.05) is 14.2 Å². The molecule has 0 aliphatic rings. The zero-order valence-electron chi connectivity index (χ0n) is 17.9. The Morgan fingerprint density at radius 3 is 1.85 bits per heavy atom. The van der Waals surface area contributed by atoms with E-state index in [9.17, 15) is 14.4 Å². The molecular weight excluding hydrogens is 364 g/mol. The lowest BCUT2D eigenvalue weighted by molar-refractivity contribution is -0.168. The highest BCUT2D eigenvalue weighted by Gasteiger charge is 2.47. The molecule has 0 heterocycles. The average Bonchev–Trinajstić information content (AvgIpc) is 2.57. The summed E-state index contributed by atoms with van der Waals surface area (Å²) in [5.74, 6) is -1.74. The molecule has 0 aromatic rings. The minimum atomic E-state index is -2.07. The first-order valence-electron chi connectivity index (χ1n) is 8.91. The van der Waals surface area contributed by atoms with E-state index in [4.69, 9.17) is 14.2 Å². The van der Waals surface area contributed by atoms with Crippen LogP contribution in [0.2, 0.25) is 18.1 Å². The normalized spacial score (nSPS) is 13.8. The molecule has 0 aromatic carbocycles. The molecule has 0 amide bonds. The van der Waals surface area contributed by atoms with E-state index in [0.29, 0.717) is 0 Å². The van der Waals surface area contributed by atoms with Crippen LogP contribution in [-0.4, -0.2) is 45.9 Å². The summed E-state index contributed by atoms with van der Waals surface area (Å²) < 4.78 is 15.2. The molecule has 0 radical (unpaired) electrons. The fourth-order valence-corrected chi connectivity index (χ4v) is 4.49. The van der Waals surface area contributed by atoms with Gasteiger partial charge in [-0.05, 0) is 17.9 Å². The summed E-state index contributed by atoms with van der Waals surface area (Å²) in [6.45, 7) is 15.6. The molecule has 1 atom stereocenters. The lowest BCUT2D eigenvalue weighted by Gasteiger charge is -2.41.